The summed E-state index contributed by atoms with van der Waals surface area (Å²) in [6, 6.07) is 21.4. The fourth-order valence-electron chi connectivity index (χ4n) is 1.26. The Morgan fingerprint density at radius 1 is 0.714 bits per heavy atom. The van der Waals surface area contributed by atoms with Gasteiger partial charge in [-0.3, -0.25) is 0 Å². The van der Waals surface area contributed by atoms with E-state index in [2.05, 4.69) is 60.7 Å². The molecule has 0 spiro atoms. The van der Waals surface area contributed by atoms with Gasteiger partial charge in [0.15, 0.2) is 0 Å². The first-order valence-electron chi connectivity index (χ1n) is 4.67. The van der Waals surface area contributed by atoms with E-state index in [1.165, 1.54) is 15.3 Å². The summed E-state index contributed by atoms with van der Waals surface area (Å²) in [4.78, 5) is 0. The Bertz CT molecular complexity index is 327. The maximum absolute atomic E-state index is 2.21. The second-order valence-corrected chi connectivity index (χ2v) is 5.29. The molecule has 0 atom stereocenters. The van der Waals surface area contributed by atoms with Gasteiger partial charge in [-0.05, 0) is 0 Å². The zero-order valence-corrected chi connectivity index (χ0v) is 9.60. The molecule has 0 aliphatic heterocycles. The summed E-state index contributed by atoms with van der Waals surface area (Å²) in [6.07, 6.45) is 0. The van der Waals surface area contributed by atoms with Crippen molar-refractivity contribution in [3.63, 3.8) is 0 Å². The van der Waals surface area contributed by atoms with Crippen LogP contribution in [0.5, 0.6) is 0 Å². The molecule has 70 valence electrons. The van der Waals surface area contributed by atoms with Crippen LogP contribution in [0, 0.1) is 0 Å². The van der Waals surface area contributed by atoms with Crippen LogP contribution < -0.4 is 4.46 Å². The van der Waals surface area contributed by atoms with Crippen molar-refractivity contribution in [3.8, 4) is 0 Å². The van der Waals surface area contributed by atoms with Crippen molar-refractivity contribution < 1.29 is 0 Å². The van der Waals surface area contributed by atoms with E-state index in [0.29, 0.717) is 15.0 Å². The monoisotopic (exact) mass is 248 g/mol. The van der Waals surface area contributed by atoms with Crippen LogP contribution in [0.2, 0.25) is 0 Å². The molecule has 0 amide bonds. The van der Waals surface area contributed by atoms with Crippen molar-refractivity contribution in [3.05, 3.63) is 66.2 Å². The van der Waals surface area contributed by atoms with Crippen molar-refractivity contribution in [2.45, 2.75) is 5.32 Å². The molecule has 0 saturated heterocycles. The molecule has 0 heterocycles. The molecule has 0 bridgehead atoms. The second kappa shape index (κ2) is 4.99. The van der Waals surface area contributed by atoms with Crippen LogP contribution >= 0.6 is 0 Å². The first kappa shape index (κ1) is 9.51. The molecule has 0 saturated carbocycles. The Hall–Kier alpha value is -1.04. The van der Waals surface area contributed by atoms with Crippen molar-refractivity contribution in [1.82, 2.24) is 0 Å². The molecule has 0 radical (unpaired) electrons. The number of benzene rings is 2. The van der Waals surface area contributed by atoms with E-state index < -0.39 is 0 Å². The van der Waals surface area contributed by atoms with Gasteiger partial charge in [0.2, 0.25) is 0 Å². The number of hydrogen-bond donors (Lipinski definition) is 0. The Labute approximate surface area is 91.1 Å². The third kappa shape index (κ3) is 2.73. The summed E-state index contributed by atoms with van der Waals surface area (Å²) in [6.45, 7) is 0. The first-order valence-corrected chi connectivity index (χ1v) is 6.74. The van der Waals surface area contributed by atoms with Gasteiger partial charge in [-0.15, -0.1) is 0 Å². The molecule has 2 rings (SSSR count). The zero-order valence-electron chi connectivity index (χ0n) is 7.89. The average Bonchev–Trinajstić information content (AvgIpc) is 2.29. The second-order valence-electron chi connectivity index (χ2n) is 3.09. The molecule has 0 nitrogen and oxygen atoms in total. The van der Waals surface area contributed by atoms with Gasteiger partial charge in [-0.1, -0.05) is 0 Å². The van der Waals surface area contributed by atoms with E-state index in [0.717, 1.165) is 0 Å². The van der Waals surface area contributed by atoms with Crippen molar-refractivity contribution in [1.29, 1.82) is 0 Å². The summed E-state index contributed by atoms with van der Waals surface area (Å²) in [5.41, 5.74) is 1.44. The molecule has 0 aromatic heterocycles. The Morgan fingerprint density at radius 3 is 1.93 bits per heavy atom. The summed E-state index contributed by atoms with van der Waals surface area (Å²) in [7, 11) is 0. The third-order valence-electron chi connectivity index (χ3n) is 1.99. The standard InChI is InChI=1S/C13H12Se/c1-3-7-12(8-4-1)11-14-13-9-5-2-6-10-13/h1-10H,11H2. The van der Waals surface area contributed by atoms with Crippen LogP contribution in [0.1, 0.15) is 5.56 Å². The zero-order chi connectivity index (χ0) is 9.64. The Morgan fingerprint density at radius 2 is 1.29 bits per heavy atom. The SMILES string of the molecule is c1ccc(C[Se]c2ccccc2)cc1. The Balaban J connectivity index is 1.96. The van der Waals surface area contributed by atoms with E-state index in [-0.39, 0.29) is 0 Å². The topological polar surface area (TPSA) is 0 Å². The third-order valence-corrected chi connectivity index (χ3v) is 4.26. The number of rotatable bonds is 3. The van der Waals surface area contributed by atoms with Crippen LogP contribution in [0.25, 0.3) is 0 Å². The van der Waals surface area contributed by atoms with Crippen LogP contribution in [-0.2, 0) is 5.32 Å². The van der Waals surface area contributed by atoms with Gasteiger partial charge in [0.1, 0.15) is 0 Å². The predicted octanol–water partition coefficient (Wildman–Crippen LogP) is 2.22. The molecule has 0 aliphatic rings. The van der Waals surface area contributed by atoms with Gasteiger partial charge in [0.25, 0.3) is 0 Å². The molecule has 0 fully saturated rings. The minimum absolute atomic E-state index is 0.572. The molecule has 2 aromatic carbocycles. The minimum atomic E-state index is 0.572. The number of hydrogen-bond acceptors (Lipinski definition) is 0. The van der Waals surface area contributed by atoms with Gasteiger partial charge in [-0.25, -0.2) is 0 Å². The van der Waals surface area contributed by atoms with E-state index in [1.54, 1.807) is 0 Å². The van der Waals surface area contributed by atoms with Crippen LogP contribution in [0.15, 0.2) is 60.7 Å². The molecule has 1 heteroatoms. The summed E-state index contributed by atoms with van der Waals surface area (Å²) in [5, 5.41) is 1.19. The first-order chi connectivity index (χ1) is 6.95. The van der Waals surface area contributed by atoms with Gasteiger partial charge in [0, 0.05) is 0 Å². The van der Waals surface area contributed by atoms with E-state index in [9.17, 15) is 0 Å². The maximum atomic E-state index is 2.21. The van der Waals surface area contributed by atoms with Gasteiger partial charge in [0.05, 0.1) is 0 Å². The average molecular weight is 247 g/mol. The molecular formula is C13H12Se. The van der Waals surface area contributed by atoms with E-state index in [4.69, 9.17) is 0 Å². The predicted molar refractivity (Wildman–Crippen MR) is 62.0 cm³/mol. The molecule has 14 heavy (non-hydrogen) atoms. The van der Waals surface area contributed by atoms with Crippen LogP contribution in [0.4, 0.5) is 0 Å². The van der Waals surface area contributed by atoms with Crippen molar-refractivity contribution in [2.75, 3.05) is 0 Å². The van der Waals surface area contributed by atoms with Crippen LogP contribution in [-0.4, -0.2) is 15.0 Å². The normalized spacial score (nSPS) is 10.0. The molecule has 0 aliphatic carbocycles. The fourth-order valence-corrected chi connectivity index (χ4v) is 3.09. The van der Waals surface area contributed by atoms with Crippen molar-refractivity contribution in [2.24, 2.45) is 0 Å². The summed E-state index contributed by atoms with van der Waals surface area (Å²) >= 11 is 0.572. The van der Waals surface area contributed by atoms with Gasteiger partial charge >= 0.3 is 91.0 Å². The summed E-state index contributed by atoms with van der Waals surface area (Å²) in [5.74, 6) is 0. The summed E-state index contributed by atoms with van der Waals surface area (Å²) < 4.78 is 1.48. The Kier molecular flexibility index (Phi) is 3.39. The van der Waals surface area contributed by atoms with E-state index >= 15 is 0 Å². The molecular weight excluding hydrogens is 235 g/mol. The van der Waals surface area contributed by atoms with E-state index in [1.807, 2.05) is 0 Å². The fraction of sp³-hybridized carbons (Fsp3) is 0.0769. The molecule has 0 N–H and O–H groups in total. The van der Waals surface area contributed by atoms with Crippen LogP contribution in [0.3, 0.4) is 0 Å². The van der Waals surface area contributed by atoms with Crippen molar-refractivity contribution >= 4 is 19.4 Å². The van der Waals surface area contributed by atoms with Gasteiger partial charge < -0.3 is 0 Å². The quantitative estimate of drug-likeness (QED) is 0.729. The van der Waals surface area contributed by atoms with Gasteiger partial charge in [-0.2, -0.15) is 0 Å². The molecule has 2 aromatic rings. The molecule has 0 unspecified atom stereocenters.